The molecule has 1 aliphatic heterocycles. The van der Waals surface area contributed by atoms with Crippen molar-refractivity contribution in [2.45, 2.75) is 77.2 Å². The van der Waals surface area contributed by atoms with Crippen LogP contribution in [0.3, 0.4) is 0 Å². The number of amides is 1. The Bertz CT molecular complexity index is 1030. The zero-order valence-electron chi connectivity index (χ0n) is 21.5. The Morgan fingerprint density at radius 1 is 0.861 bits per heavy atom. The van der Waals surface area contributed by atoms with Crippen LogP contribution < -0.4 is 4.74 Å². The van der Waals surface area contributed by atoms with Gasteiger partial charge in [0.1, 0.15) is 11.5 Å². The van der Waals surface area contributed by atoms with Gasteiger partial charge in [0, 0.05) is 16.6 Å². The third kappa shape index (κ3) is 7.22. The van der Waals surface area contributed by atoms with Gasteiger partial charge in [-0.15, -0.1) is 0 Å². The molecule has 1 fully saturated rings. The number of carbonyl (C=O) groups is 2. The van der Waals surface area contributed by atoms with E-state index in [9.17, 15) is 14.7 Å². The van der Waals surface area contributed by atoms with Gasteiger partial charge >= 0.3 is 0 Å². The molecule has 194 valence electrons. The molecule has 0 aliphatic carbocycles. The summed E-state index contributed by atoms with van der Waals surface area (Å²) in [6.07, 6.45) is 12.0. The molecule has 1 amide bonds. The van der Waals surface area contributed by atoms with E-state index in [2.05, 4.69) is 22.9 Å². The molecule has 1 N–H and O–H groups in total. The minimum absolute atomic E-state index is 0.138. The number of aliphatic hydroxyl groups excluding tert-OH is 1. The second-order valence-electron chi connectivity index (χ2n) is 9.45. The highest BCUT2D eigenvalue weighted by Crippen LogP contribution is 2.40. The van der Waals surface area contributed by atoms with Crippen molar-refractivity contribution in [1.29, 1.82) is 0 Å². The van der Waals surface area contributed by atoms with Gasteiger partial charge in [0.25, 0.3) is 11.7 Å². The predicted molar refractivity (Wildman–Crippen MR) is 148 cm³/mol. The number of hydrogen-bond acceptors (Lipinski definition) is 4. The van der Waals surface area contributed by atoms with Gasteiger partial charge in [-0.3, -0.25) is 9.59 Å². The number of unbranched alkanes of at least 4 members (excludes halogenated alkanes) is 9. The first kappa shape index (κ1) is 28.0. The number of carbonyl (C=O) groups excluding carboxylic acids is 2. The van der Waals surface area contributed by atoms with Crippen LogP contribution in [0.1, 0.15) is 88.3 Å². The van der Waals surface area contributed by atoms with Gasteiger partial charge in [-0.25, -0.2) is 0 Å². The van der Waals surface area contributed by atoms with Crippen molar-refractivity contribution >= 4 is 33.4 Å². The molecule has 0 spiro atoms. The van der Waals surface area contributed by atoms with Crippen LogP contribution in [-0.4, -0.2) is 35.4 Å². The molecule has 0 radical (unpaired) electrons. The maximum atomic E-state index is 13.1. The Labute approximate surface area is 223 Å². The van der Waals surface area contributed by atoms with E-state index < -0.39 is 17.7 Å². The normalized spacial score (nSPS) is 17.1. The highest BCUT2D eigenvalue weighted by atomic mass is 79.9. The molecule has 36 heavy (non-hydrogen) atoms. The Morgan fingerprint density at radius 3 is 1.97 bits per heavy atom. The fraction of sp³-hybridized carbons (Fsp3) is 0.467. The van der Waals surface area contributed by atoms with E-state index in [-0.39, 0.29) is 11.3 Å². The molecule has 1 aliphatic rings. The van der Waals surface area contributed by atoms with E-state index in [0.717, 1.165) is 29.3 Å². The standard InChI is InChI=1S/C30H38BrNO4/c1-3-4-5-6-7-8-9-10-11-12-21-32-27(22-13-17-24(31)18-14-22)26(29(34)30(32)35)28(33)23-15-19-25(36-2)20-16-23/h13-20,27,33H,3-12,21H2,1-2H3/t27-/m0/s1. The van der Waals surface area contributed by atoms with Gasteiger partial charge in [-0.1, -0.05) is 92.8 Å². The van der Waals surface area contributed by atoms with E-state index in [1.54, 1.807) is 36.3 Å². The second kappa shape index (κ2) is 14.2. The van der Waals surface area contributed by atoms with Crippen LogP contribution in [0.2, 0.25) is 0 Å². The largest absolute Gasteiger partial charge is 0.507 e. The van der Waals surface area contributed by atoms with Gasteiger partial charge in [0.15, 0.2) is 0 Å². The topological polar surface area (TPSA) is 66.8 Å². The molecule has 2 aromatic rings. The number of ether oxygens (including phenoxy) is 1. The summed E-state index contributed by atoms with van der Waals surface area (Å²) < 4.78 is 6.11. The average molecular weight is 557 g/mol. The molecule has 1 atom stereocenters. The van der Waals surface area contributed by atoms with Crippen molar-refractivity contribution in [2.24, 2.45) is 0 Å². The molecule has 0 bridgehead atoms. The number of aliphatic hydroxyl groups is 1. The molecular formula is C30H38BrNO4. The number of halogens is 1. The van der Waals surface area contributed by atoms with Crippen molar-refractivity contribution < 1.29 is 19.4 Å². The fourth-order valence-corrected chi connectivity index (χ4v) is 5.04. The molecule has 3 rings (SSSR count). The monoisotopic (exact) mass is 555 g/mol. The van der Waals surface area contributed by atoms with Crippen LogP contribution in [0.25, 0.3) is 5.76 Å². The lowest BCUT2D eigenvalue weighted by Crippen LogP contribution is -2.30. The zero-order chi connectivity index (χ0) is 25.9. The lowest BCUT2D eigenvalue weighted by atomic mass is 9.95. The summed E-state index contributed by atoms with van der Waals surface area (Å²) in [5.74, 6) is -0.691. The molecule has 0 aromatic heterocycles. The Hall–Kier alpha value is -2.60. The van der Waals surface area contributed by atoms with E-state index in [0.29, 0.717) is 17.9 Å². The summed E-state index contributed by atoms with van der Waals surface area (Å²) >= 11 is 3.46. The maximum absolute atomic E-state index is 13.1. The van der Waals surface area contributed by atoms with Crippen molar-refractivity contribution in [3.05, 3.63) is 69.7 Å². The third-order valence-corrected chi connectivity index (χ3v) is 7.37. The van der Waals surface area contributed by atoms with E-state index in [1.807, 2.05) is 24.3 Å². The quantitative estimate of drug-likeness (QED) is 0.112. The van der Waals surface area contributed by atoms with Crippen LogP contribution in [0.15, 0.2) is 58.6 Å². The van der Waals surface area contributed by atoms with Crippen LogP contribution in [0, 0.1) is 0 Å². The summed E-state index contributed by atoms with van der Waals surface area (Å²) in [6.45, 7) is 2.72. The fourth-order valence-electron chi connectivity index (χ4n) is 4.78. The van der Waals surface area contributed by atoms with Crippen molar-refractivity contribution in [1.82, 2.24) is 4.90 Å². The van der Waals surface area contributed by atoms with E-state index >= 15 is 0 Å². The van der Waals surface area contributed by atoms with E-state index in [4.69, 9.17) is 4.74 Å². The number of hydrogen-bond donors (Lipinski definition) is 1. The zero-order valence-corrected chi connectivity index (χ0v) is 23.1. The number of nitrogens with zero attached hydrogens (tertiary/aromatic N) is 1. The number of likely N-dealkylation sites (tertiary alicyclic amines) is 1. The Morgan fingerprint density at radius 2 is 1.42 bits per heavy atom. The molecule has 0 saturated carbocycles. The summed E-state index contributed by atoms with van der Waals surface area (Å²) in [6, 6.07) is 13.8. The van der Waals surface area contributed by atoms with Crippen LogP contribution >= 0.6 is 15.9 Å². The second-order valence-corrected chi connectivity index (χ2v) is 10.4. The first-order valence-electron chi connectivity index (χ1n) is 13.2. The lowest BCUT2D eigenvalue weighted by molar-refractivity contribution is -0.139. The SMILES string of the molecule is CCCCCCCCCCCCN1C(=O)C(=O)C(=C(O)c2ccc(OC)cc2)[C@@H]1c1ccc(Br)cc1. The van der Waals surface area contributed by atoms with Crippen molar-refractivity contribution in [3.63, 3.8) is 0 Å². The van der Waals surface area contributed by atoms with Gasteiger partial charge in [-0.05, 0) is 48.4 Å². The molecule has 1 heterocycles. The van der Waals surface area contributed by atoms with Gasteiger partial charge in [0.2, 0.25) is 0 Å². The van der Waals surface area contributed by atoms with Crippen LogP contribution in [-0.2, 0) is 9.59 Å². The molecular weight excluding hydrogens is 518 g/mol. The molecule has 2 aromatic carbocycles. The summed E-state index contributed by atoms with van der Waals surface area (Å²) in [7, 11) is 1.57. The van der Waals surface area contributed by atoms with Crippen molar-refractivity contribution in [2.75, 3.05) is 13.7 Å². The van der Waals surface area contributed by atoms with Crippen molar-refractivity contribution in [3.8, 4) is 5.75 Å². The number of benzene rings is 2. The predicted octanol–water partition coefficient (Wildman–Crippen LogP) is 7.80. The molecule has 5 nitrogen and oxygen atoms in total. The third-order valence-electron chi connectivity index (χ3n) is 6.84. The Kier molecular flexibility index (Phi) is 11.1. The maximum Gasteiger partial charge on any atom is 0.295 e. The Balaban J connectivity index is 1.72. The van der Waals surface area contributed by atoms with Crippen LogP contribution in [0.5, 0.6) is 5.75 Å². The minimum atomic E-state index is -0.636. The highest BCUT2D eigenvalue weighted by molar-refractivity contribution is 9.10. The lowest BCUT2D eigenvalue weighted by Gasteiger charge is -2.25. The van der Waals surface area contributed by atoms with Gasteiger partial charge in [-0.2, -0.15) is 0 Å². The van der Waals surface area contributed by atoms with Crippen LogP contribution in [0.4, 0.5) is 0 Å². The van der Waals surface area contributed by atoms with Gasteiger partial charge in [0.05, 0.1) is 18.7 Å². The first-order chi connectivity index (χ1) is 17.5. The summed E-state index contributed by atoms with van der Waals surface area (Å²) in [5, 5.41) is 11.2. The number of Topliss-reactive ketones (excluding diaryl/α,β-unsaturated/α-hetero) is 1. The molecule has 6 heteroatoms. The minimum Gasteiger partial charge on any atom is -0.507 e. The average Bonchev–Trinajstić information content (AvgIpc) is 3.14. The first-order valence-corrected chi connectivity index (χ1v) is 14.0. The summed E-state index contributed by atoms with van der Waals surface area (Å²) in [5.41, 5.74) is 1.42. The smallest absolute Gasteiger partial charge is 0.295 e. The number of rotatable bonds is 14. The number of methoxy groups -OCH3 is 1. The molecule has 0 unspecified atom stereocenters. The highest BCUT2D eigenvalue weighted by Gasteiger charge is 2.45. The molecule has 1 saturated heterocycles. The number of ketones is 1. The van der Waals surface area contributed by atoms with E-state index in [1.165, 1.54) is 44.9 Å². The summed E-state index contributed by atoms with van der Waals surface area (Å²) in [4.78, 5) is 27.9. The van der Waals surface area contributed by atoms with Gasteiger partial charge < -0.3 is 14.7 Å².